The Morgan fingerprint density at radius 3 is 3.27 bits per heavy atom. The largest absolute Gasteiger partial charge is 0.367 e. The second kappa shape index (κ2) is 4.54. The van der Waals surface area contributed by atoms with Crippen LogP contribution in [0.4, 0.5) is 5.69 Å². The van der Waals surface area contributed by atoms with Crippen molar-refractivity contribution in [3.05, 3.63) is 24.0 Å². The molecular weight excluding hydrogens is 206 g/mol. The van der Waals surface area contributed by atoms with Gasteiger partial charge in [0.15, 0.2) is 5.69 Å². The topological polar surface area (TPSA) is 39.9 Å². The van der Waals surface area contributed by atoms with E-state index < -0.39 is 0 Å². The SMILES string of the molecule is CC1CN(c2cccnc2C#N)CCS1. The number of aromatic nitrogens is 1. The maximum atomic E-state index is 8.97. The first-order valence-electron chi connectivity index (χ1n) is 5.03. The highest BCUT2D eigenvalue weighted by atomic mass is 32.2. The molecule has 1 aromatic rings. The van der Waals surface area contributed by atoms with E-state index in [0.29, 0.717) is 10.9 Å². The molecule has 1 aliphatic rings. The number of anilines is 1. The summed E-state index contributed by atoms with van der Waals surface area (Å²) in [5.41, 5.74) is 1.52. The molecule has 1 aliphatic heterocycles. The fourth-order valence-electron chi connectivity index (χ4n) is 1.78. The zero-order chi connectivity index (χ0) is 10.7. The molecule has 1 aromatic heterocycles. The molecule has 0 aliphatic carbocycles. The molecular formula is C11H13N3S. The lowest BCUT2D eigenvalue weighted by Crippen LogP contribution is -2.37. The van der Waals surface area contributed by atoms with Crippen molar-refractivity contribution in [3.8, 4) is 6.07 Å². The minimum atomic E-state index is 0.539. The van der Waals surface area contributed by atoms with Gasteiger partial charge in [-0.25, -0.2) is 4.98 Å². The standard InChI is InChI=1S/C11H13N3S/c1-9-8-14(5-6-15-9)11-3-2-4-13-10(11)7-12/h2-4,9H,5-6,8H2,1H3. The molecule has 0 N–H and O–H groups in total. The number of hydrogen-bond acceptors (Lipinski definition) is 4. The molecule has 0 bridgehead atoms. The summed E-state index contributed by atoms with van der Waals surface area (Å²) in [4.78, 5) is 6.34. The summed E-state index contributed by atoms with van der Waals surface area (Å²) in [6, 6.07) is 6.02. The Hall–Kier alpha value is -1.21. The highest BCUT2D eigenvalue weighted by molar-refractivity contribution is 8.00. The van der Waals surface area contributed by atoms with Crippen LogP contribution in [0.25, 0.3) is 0 Å². The van der Waals surface area contributed by atoms with Gasteiger partial charge in [-0.2, -0.15) is 17.0 Å². The van der Waals surface area contributed by atoms with Gasteiger partial charge in [0.05, 0.1) is 5.69 Å². The van der Waals surface area contributed by atoms with Crippen LogP contribution < -0.4 is 4.90 Å². The van der Waals surface area contributed by atoms with Crippen LogP contribution in [0.5, 0.6) is 0 Å². The second-order valence-electron chi connectivity index (χ2n) is 3.61. The Kier molecular flexibility index (Phi) is 3.12. The molecule has 0 amide bonds. The first-order valence-corrected chi connectivity index (χ1v) is 6.08. The maximum Gasteiger partial charge on any atom is 0.163 e. The first-order chi connectivity index (χ1) is 7.31. The number of pyridine rings is 1. The van der Waals surface area contributed by atoms with Crippen LogP contribution in [-0.4, -0.2) is 29.1 Å². The van der Waals surface area contributed by atoms with E-state index in [0.717, 1.165) is 24.5 Å². The first kappa shape index (κ1) is 10.3. The molecule has 0 aromatic carbocycles. The third kappa shape index (κ3) is 2.24. The van der Waals surface area contributed by atoms with Crippen molar-refractivity contribution in [2.45, 2.75) is 12.2 Å². The van der Waals surface area contributed by atoms with Crippen LogP contribution in [-0.2, 0) is 0 Å². The summed E-state index contributed by atoms with van der Waals surface area (Å²) >= 11 is 1.98. The summed E-state index contributed by atoms with van der Waals surface area (Å²) in [5, 5.41) is 9.60. The van der Waals surface area contributed by atoms with Crippen LogP contribution in [0.2, 0.25) is 0 Å². The summed E-state index contributed by atoms with van der Waals surface area (Å²) in [5.74, 6) is 1.13. The van der Waals surface area contributed by atoms with E-state index in [2.05, 4.69) is 22.9 Å². The highest BCUT2D eigenvalue weighted by Crippen LogP contribution is 2.25. The molecule has 0 spiro atoms. The summed E-state index contributed by atoms with van der Waals surface area (Å²) in [7, 11) is 0. The zero-order valence-corrected chi connectivity index (χ0v) is 9.50. The minimum absolute atomic E-state index is 0.539. The van der Waals surface area contributed by atoms with E-state index in [1.165, 1.54) is 0 Å². The van der Waals surface area contributed by atoms with Gasteiger partial charge in [0.1, 0.15) is 6.07 Å². The van der Waals surface area contributed by atoms with Crippen molar-refractivity contribution >= 4 is 17.4 Å². The van der Waals surface area contributed by atoms with E-state index >= 15 is 0 Å². The molecule has 0 saturated carbocycles. The monoisotopic (exact) mass is 219 g/mol. The Labute approximate surface area is 94.1 Å². The van der Waals surface area contributed by atoms with Gasteiger partial charge >= 0.3 is 0 Å². The van der Waals surface area contributed by atoms with Crippen molar-refractivity contribution in [1.82, 2.24) is 4.98 Å². The predicted molar refractivity (Wildman–Crippen MR) is 63.1 cm³/mol. The Morgan fingerprint density at radius 1 is 1.67 bits per heavy atom. The lowest BCUT2D eigenvalue weighted by Gasteiger charge is -2.32. The predicted octanol–water partition coefficient (Wildman–Crippen LogP) is 1.89. The molecule has 2 heterocycles. The Bertz CT molecular complexity index is 386. The molecule has 1 fully saturated rings. The normalized spacial score (nSPS) is 21.1. The van der Waals surface area contributed by atoms with Crippen molar-refractivity contribution in [2.75, 3.05) is 23.7 Å². The average molecular weight is 219 g/mol. The van der Waals surface area contributed by atoms with Crippen LogP contribution in [0.1, 0.15) is 12.6 Å². The van der Waals surface area contributed by atoms with Gasteiger partial charge in [-0.3, -0.25) is 0 Å². The van der Waals surface area contributed by atoms with Crippen molar-refractivity contribution in [2.24, 2.45) is 0 Å². The lowest BCUT2D eigenvalue weighted by molar-refractivity contribution is 0.779. The second-order valence-corrected chi connectivity index (χ2v) is 5.16. The smallest absolute Gasteiger partial charge is 0.163 e. The van der Waals surface area contributed by atoms with E-state index in [1.54, 1.807) is 6.20 Å². The third-order valence-corrected chi connectivity index (χ3v) is 3.61. The number of thioether (sulfide) groups is 1. The number of nitrogens with zero attached hydrogens (tertiary/aromatic N) is 3. The molecule has 0 radical (unpaired) electrons. The van der Waals surface area contributed by atoms with E-state index in [4.69, 9.17) is 5.26 Å². The van der Waals surface area contributed by atoms with Gasteiger partial charge in [-0.15, -0.1) is 0 Å². The van der Waals surface area contributed by atoms with Crippen LogP contribution in [0, 0.1) is 11.3 Å². The van der Waals surface area contributed by atoms with Gasteiger partial charge < -0.3 is 4.90 Å². The number of hydrogen-bond donors (Lipinski definition) is 0. The van der Waals surface area contributed by atoms with Gasteiger partial charge in [-0.1, -0.05) is 6.92 Å². The van der Waals surface area contributed by atoms with E-state index in [-0.39, 0.29) is 0 Å². The van der Waals surface area contributed by atoms with Crippen LogP contribution in [0.15, 0.2) is 18.3 Å². The highest BCUT2D eigenvalue weighted by Gasteiger charge is 2.19. The molecule has 1 atom stereocenters. The maximum absolute atomic E-state index is 8.97. The summed E-state index contributed by atoms with van der Waals surface area (Å²) in [6.07, 6.45) is 1.67. The van der Waals surface area contributed by atoms with E-state index in [9.17, 15) is 0 Å². The third-order valence-electron chi connectivity index (χ3n) is 2.47. The molecule has 2 rings (SSSR count). The Balaban J connectivity index is 2.25. The lowest BCUT2D eigenvalue weighted by atomic mass is 10.2. The molecule has 3 nitrogen and oxygen atoms in total. The fourth-order valence-corrected chi connectivity index (χ4v) is 2.79. The minimum Gasteiger partial charge on any atom is -0.367 e. The zero-order valence-electron chi connectivity index (χ0n) is 8.68. The van der Waals surface area contributed by atoms with E-state index in [1.807, 2.05) is 23.9 Å². The molecule has 4 heteroatoms. The fraction of sp³-hybridized carbons (Fsp3) is 0.455. The quantitative estimate of drug-likeness (QED) is 0.723. The molecule has 1 unspecified atom stereocenters. The van der Waals surface area contributed by atoms with Gasteiger partial charge in [0, 0.05) is 30.3 Å². The van der Waals surface area contributed by atoms with Gasteiger partial charge in [0.2, 0.25) is 0 Å². The molecule has 1 saturated heterocycles. The van der Waals surface area contributed by atoms with Crippen LogP contribution >= 0.6 is 11.8 Å². The number of rotatable bonds is 1. The van der Waals surface area contributed by atoms with Gasteiger partial charge in [0.25, 0.3) is 0 Å². The summed E-state index contributed by atoms with van der Waals surface area (Å²) in [6.45, 7) is 4.24. The molecule has 15 heavy (non-hydrogen) atoms. The number of nitriles is 1. The van der Waals surface area contributed by atoms with Gasteiger partial charge in [-0.05, 0) is 12.1 Å². The van der Waals surface area contributed by atoms with Crippen molar-refractivity contribution in [1.29, 1.82) is 5.26 Å². The molecule has 78 valence electrons. The van der Waals surface area contributed by atoms with Crippen molar-refractivity contribution in [3.63, 3.8) is 0 Å². The Morgan fingerprint density at radius 2 is 2.53 bits per heavy atom. The average Bonchev–Trinajstić information content (AvgIpc) is 2.29. The van der Waals surface area contributed by atoms with Crippen LogP contribution in [0.3, 0.4) is 0 Å². The summed E-state index contributed by atoms with van der Waals surface area (Å²) < 4.78 is 0. The van der Waals surface area contributed by atoms with Crippen molar-refractivity contribution < 1.29 is 0 Å².